The molecule has 0 saturated heterocycles. The highest BCUT2D eigenvalue weighted by atomic mass is 127. The van der Waals surface area contributed by atoms with Crippen LogP contribution in [0.1, 0.15) is 10.4 Å². The molecule has 0 amide bonds. The van der Waals surface area contributed by atoms with Crippen LogP contribution in [0.3, 0.4) is 0 Å². The van der Waals surface area contributed by atoms with E-state index in [2.05, 4.69) is 22.0 Å². The summed E-state index contributed by atoms with van der Waals surface area (Å²) in [5, 5.41) is 15.0. The lowest BCUT2D eigenvalue weighted by Crippen LogP contribution is -2.23. The lowest BCUT2D eigenvalue weighted by Gasteiger charge is -2.15. The number of rotatable bonds is 8. The third kappa shape index (κ3) is 5.57. The number of benzene rings is 2. The molecule has 1 atom stereocenters. The summed E-state index contributed by atoms with van der Waals surface area (Å²) in [5.41, 5.74) is -1.11. The Hall–Kier alpha value is -2.34. The summed E-state index contributed by atoms with van der Waals surface area (Å²) in [4.78, 5) is 16.7. The molecule has 0 spiro atoms. The van der Waals surface area contributed by atoms with Crippen LogP contribution in [0.5, 0.6) is 0 Å². The van der Waals surface area contributed by atoms with Gasteiger partial charge < -0.3 is 20.0 Å². The molecular formula is C17H14F3IN2O4. The highest BCUT2D eigenvalue weighted by Gasteiger charge is 2.22. The minimum atomic E-state index is -1.37. The first kappa shape index (κ1) is 21.0. The fourth-order valence-corrected chi connectivity index (χ4v) is 2.46. The first-order chi connectivity index (χ1) is 12.8. The van der Waals surface area contributed by atoms with Gasteiger partial charge in [-0.1, -0.05) is 0 Å². The summed E-state index contributed by atoms with van der Waals surface area (Å²) in [7, 11) is 0. The van der Waals surface area contributed by atoms with Crippen molar-refractivity contribution in [1.29, 1.82) is 0 Å². The highest BCUT2D eigenvalue weighted by Crippen LogP contribution is 2.29. The zero-order valence-electron chi connectivity index (χ0n) is 13.7. The van der Waals surface area contributed by atoms with Crippen molar-refractivity contribution in [3.05, 3.63) is 56.9 Å². The molecule has 2 rings (SSSR count). The second-order valence-corrected chi connectivity index (χ2v) is 6.46. The second kappa shape index (κ2) is 9.55. The fraction of sp³-hybridized carbons (Fsp3) is 0.176. The van der Waals surface area contributed by atoms with Gasteiger partial charge in [0, 0.05) is 10.3 Å². The molecule has 0 saturated carbocycles. The van der Waals surface area contributed by atoms with Crippen molar-refractivity contribution in [2.24, 2.45) is 5.16 Å². The summed E-state index contributed by atoms with van der Waals surface area (Å²) in [5.74, 6) is -4.37. The van der Waals surface area contributed by atoms with Gasteiger partial charge in [0.05, 0.1) is 16.9 Å². The predicted molar refractivity (Wildman–Crippen MR) is 101 cm³/mol. The molecule has 0 heterocycles. The average molecular weight is 494 g/mol. The summed E-state index contributed by atoms with van der Waals surface area (Å²) < 4.78 is 47.3. The number of carbonyl (C=O) groups excluding carboxylic acids is 1. The summed E-state index contributed by atoms with van der Waals surface area (Å²) >= 11 is 1.89. The quantitative estimate of drug-likeness (QED) is 0.254. The van der Waals surface area contributed by atoms with Crippen LogP contribution in [0, 0.1) is 21.0 Å². The molecule has 27 heavy (non-hydrogen) atoms. The Labute approximate surface area is 166 Å². The van der Waals surface area contributed by atoms with Crippen molar-refractivity contribution in [2.45, 2.75) is 6.10 Å². The fourth-order valence-electron chi connectivity index (χ4n) is 2.00. The van der Waals surface area contributed by atoms with Crippen LogP contribution in [-0.2, 0) is 9.57 Å². The van der Waals surface area contributed by atoms with E-state index < -0.39 is 41.8 Å². The number of nitrogens with one attached hydrogen (secondary N) is 1. The zero-order chi connectivity index (χ0) is 20.0. The van der Waals surface area contributed by atoms with Crippen molar-refractivity contribution in [2.75, 3.05) is 18.5 Å². The predicted octanol–water partition coefficient (Wildman–Crippen LogP) is 3.60. The van der Waals surface area contributed by atoms with Crippen LogP contribution in [0.4, 0.5) is 24.5 Å². The third-order valence-corrected chi connectivity index (χ3v) is 3.94. The Balaban J connectivity index is 2.25. The van der Waals surface area contributed by atoms with Gasteiger partial charge in [-0.3, -0.25) is 0 Å². The number of halogens is 4. The first-order valence-corrected chi connectivity index (χ1v) is 8.54. The van der Waals surface area contributed by atoms with E-state index in [1.54, 1.807) is 6.07 Å². The molecule has 0 radical (unpaired) electrons. The summed E-state index contributed by atoms with van der Waals surface area (Å²) in [6.45, 7) is 2.30. The SMILES string of the molecule is C=NOC[C@@H](O)COC(=O)c1ccc(F)c(F)c1Nc1ccc(I)cc1F. The molecule has 2 aromatic carbocycles. The van der Waals surface area contributed by atoms with Crippen molar-refractivity contribution in [1.82, 2.24) is 0 Å². The minimum absolute atomic E-state index is 0.153. The van der Waals surface area contributed by atoms with Crippen LogP contribution in [0.25, 0.3) is 0 Å². The summed E-state index contributed by atoms with van der Waals surface area (Å²) in [6, 6.07) is 5.78. The number of hydrogen-bond acceptors (Lipinski definition) is 6. The van der Waals surface area contributed by atoms with Gasteiger partial charge in [0.15, 0.2) is 11.6 Å². The van der Waals surface area contributed by atoms with E-state index in [-0.39, 0.29) is 17.9 Å². The Morgan fingerprint density at radius 1 is 1.22 bits per heavy atom. The van der Waals surface area contributed by atoms with Gasteiger partial charge in [-0.15, -0.1) is 5.16 Å². The number of aliphatic hydroxyl groups excluding tert-OH is 1. The molecule has 0 bridgehead atoms. The van der Waals surface area contributed by atoms with E-state index in [9.17, 15) is 23.1 Å². The van der Waals surface area contributed by atoms with E-state index in [1.165, 1.54) is 12.1 Å². The third-order valence-electron chi connectivity index (χ3n) is 3.27. The maximum atomic E-state index is 14.2. The van der Waals surface area contributed by atoms with Crippen LogP contribution in [-0.4, -0.2) is 37.1 Å². The van der Waals surface area contributed by atoms with Crippen LogP contribution >= 0.6 is 22.6 Å². The maximum Gasteiger partial charge on any atom is 0.340 e. The smallest absolute Gasteiger partial charge is 0.340 e. The topological polar surface area (TPSA) is 80.2 Å². The van der Waals surface area contributed by atoms with E-state index in [4.69, 9.17) is 4.74 Å². The molecule has 2 N–H and O–H groups in total. The van der Waals surface area contributed by atoms with Gasteiger partial charge in [0.25, 0.3) is 0 Å². The van der Waals surface area contributed by atoms with Crippen molar-refractivity contribution < 1.29 is 32.6 Å². The molecule has 0 aromatic heterocycles. The largest absolute Gasteiger partial charge is 0.459 e. The van der Waals surface area contributed by atoms with Crippen LogP contribution < -0.4 is 5.32 Å². The normalized spacial score (nSPS) is 11.6. The van der Waals surface area contributed by atoms with Gasteiger partial charge in [0.1, 0.15) is 25.1 Å². The molecule has 10 heteroatoms. The number of oxime groups is 1. The minimum Gasteiger partial charge on any atom is -0.459 e. The Morgan fingerprint density at radius 3 is 2.63 bits per heavy atom. The van der Waals surface area contributed by atoms with Crippen LogP contribution in [0.2, 0.25) is 0 Å². The number of anilines is 2. The molecule has 0 fully saturated rings. The molecule has 0 unspecified atom stereocenters. The Morgan fingerprint density at radius 2 is 1.96 bits per heavy atom. The molecule has 0 aliphatic heterocycles. The van der Waals surface area contributed by atoms with Crippen molar-refractivity contribution in [3.63, 3.8) is 0 Å². The zero-order valence-corrected chi connectivity index (χ0v) is 15.9. The number of carbonyl (C=O) groups is 1. The van der Waals surface area contributed by atoms with E-state index in [1.807, 2.05) is 22.6 Å². The monoisotopic (exact) mass is 494 g/mol. The number of ether oxygens (including phenoxy) is 1. The maximum absolute atomic E-state index is 14.2. The standard InChI is InChI=1S/C17H14F3IN2O4/c1-22-27-8-10(24)7-26-17(25)11-3-4-12(18)15(20)16(11)23-14-5-2-9(21)6-13(14)19/h2-6,10,23-24H,1,7-8H2/t10-/m0/s1. The molecule has 0 aliphatic rings. The second-order valence-electron chi connectivity index (χ2n) is 5.21. The van der Waals surface area contributed by atoms with Gasteiger partial charge in [-0.2, -0.15) is 0 Å². The highest BCUT2D eigenvalue weighted by molar-refractivity contribution is 14.1. The van der Waals surface area contributed by atoms with Gasteiger partial charge in [-0.25, -0.2) is 18.0 Å². The van der Waals surface area contributed by atoms with Crippen LogP contribution in [0.15, 0.2) is 35.5 Å². The number of hydrogen-bond donors (Lipinski definition) is 2. The number of esters is 1. The number of aliphatic hydroxyl groups is 1. The average Bonchev–Trinajstić information content (AvgIpc) is 2.63. The molecular weight excluding hydrogens is 480 g/mol. The number of nitrogens with zero attached hydrogens (tertiary/aromatic N) is 1. The van der Waals surface area contributed by atoms with Crippen molar-refractivity contribution in [3.8, 4) is 0 Å². The van der Waals surface area contributed by atoms with E-state index in [0.29, 0.717) is 3.57 Å². The van der Waals surface area contributed by atoms with Gasteiger partial charge in [0.2, 0.25) is 0 Å². The lowest BCUT2D eigenvalue weighted by atomic mass is 10.1. The van der Waals surface area contributed by atoms with Gasteiger partial charge in [-0.05, 0) is 52.9 Å². The van der Waals surface area contributed by atoms with Gasteiger partial charge >= 0.3 is 5.97 Å². The van der Waals surface area contributed by atoms with E-state index in [0.717, 1.165) is 12.1 Å². The molecule has 2 aromatic rings. The van der Waals surface area contributed by atoms with E-state index >= 15 is 0 Å². The molecule has 0 aliphatic carbocycles. The molecule has 6 nitrogen and oxygen atoms in total. The summed E-state index contributed by atoms with van der Waals surface area (Å²) in [6.07, 6.45) is -1.20. The lowest BCUT2D eigenvalue weighted by molar-refractivity contribution is -0.00913. The Bertz CT molecular complexity index is 851. The first-order valence-electron chi connectivity index (χ1n) is 7.46. The van der Waals surface area contributed by atoms with Crippen molar-refractivity contribution >= 4 is 46.7 Å². The molecule has 144 valence electrons. The Kier molecular flexibility index (Phi) is 7.42.